The maximum absolute atomic E-state index is 14.1. The van der Waals surface area contributed by atoms with Gasteiger partial charge in [-0.3, -0.25) is 0 Å². The number of ether oxygens (including phenoxy) is 4. The van der Waals surface area contributed by atoms with Crippen LogP contribution in [0.2, 0.25) is 0 Å². The minimum atomic E-state index is -0.784. The largest absolute Gasteiger partial charge is 0.487 e. The van der Waals surface area contributed by atoms with Crippen molar-refractivity contribution in [2.45, 2.75) is 90.2 Å². The second kappa shape index (κ2) is 9.25. The Morgan fingerprint density at radius 3 is 2.73 bits per heavy atom. The van der Waals surface area contributed by atoms with Crippen molar-refractivity contribution in [3.8, 4) is 5.75 Å². The molecule has 1 saturated carbocycles. The van der Waals surface area contributed by atoms with Crippen molar-refractivity contribution >= 4 is 17.1 Å². The number of aryl methyl sites for hydroxylation is 1. The quantitative estimate of drug-likeness (QED) is 0.524. The maximum Gasteiger partial charge on any atom is 0.407 e. The van der Waals surface area contributed by atoms with Gasteiger partial charge in [0.05, 0.1) is 11.7 Å². The summed E-state index contributed by atoms with van der Waals surface area (Å²) in [4.78, 5) is 21.0. The normalized spacial score (nSPS) is 24.7. The summed E-state index contributed by atoms with van der Waals surface area (Å²) >= 11 is 0. The Kier molecular flexibility index (Phi) is 6.35. The molecule has 2 fully saturated rings. The molecule has 0 radical (unpaired) electrons. The summed E-state index contributed by atoms with van der Waals surface area (Å²) in [7, 11) is 0. The van der Waals surface area contributed by atoms with Gasteiger partial charge in [-0.05, 0) is 65.8 Å². The Morgan fingerprint density at radius 1 is 1.22 bits per heavy atom. The van der Waals surface area contributed by atoms with Crippen LogP contribution in [0.1, 0.15) is 58.3 Å². The monoisotopic (exact) mass is 512 g/mol. The molecule has 4 atom stereocenters. The van der Waals surface area contributed by atoms with Crippen LogP contribution in [-0.4, -0.2) is 50.3 Å². The summed E-state index contributed by atoms with van der Waals surface area (Å²) in [6, 6.07) is 6.19. The number of nitrogens with zero attached hydrogens (tertiary/aromatic N) is 3. The molecule has 0 bridgehead atoms. The van der Waals surface area contributed by atoms with E-state index in [1.165, 1.54) is 12.1 Å². The minimum Gasteiger partial charge on any atom is -0.487 e. The Balaban J connectivity index is 1.40. The fourth-order valence-electron chi connectivity index (χ4n) is 5.11. The Hall–Kier alpha value is -3.24. The van der Waals surface area contributed by atoms with E-state index in [0.29, 0.717) is 17.7 Å². The lowest BCUT2D eigenvalue weighted by atomic mass is 10.1. The van der Waals surface area contributed by atoms with Gasteiger partial charge in [-0.25, -0.2) is 19.2 Å². The van der Waals surface area contributed by atoms with Crippen molar-refractivity contribution < 1.29 is 28.1 Å². The number of nitrogens with one attached hydrogen (secondary N) is 1. The van der Waals surface area contributed by atoms with Crippen LogP contribution in [0.25, 0.3) is 11.0 Å². The third kappa shape index (κ3) is 5.26. The average molecular weight is 513 g/mol. The van der Waals surface area contributed by atoms with Crippen LogP contribution in [-0.2, 0) is 20.8 Å². The summed E-state index contributed by atoms with van der Waals surface area (Å²) in [6.45, 7) is 11.1. The number of fused-ring (bicyclic) bond motifs is 2. The first-order valence-corrected chi connectivity index (χ1v) is 12.5. The molecule has 2 aliphatic rings. The number of carbonyl (C=O) groups is 1. The molecule has 3 aromatic rings. The number of rotatable bonds is 5. The summed E-state index contributed by atoms with van der Waals surface area (Å²) in [5.41, 5.74) is 1.59. The van der Waals surface area contributed by atoms with Gasteiger partial charge in [-0.1, -0.05) is 0 Å². The van der Waals surface area contributed by atoms with E-state index in [-0.39, 0.29) is 30.9 Å². The van der Waals surface area contributed by atoms with E-state index in [1.54, 1.807) is 33.2 Å². The standard InChI is InChI=1S/C27H33FN4O5/c1-15-18-9-10-32(24(18)31-14-30-15)19-12-21(23-22(19)35-27(5,6)36-23)34-20-8-7-17(28)11-16(20)13-29-25(33)37-26(2,3)4/h7-11,14,19,21-23H,12-13H2,1-6H3,(H,29,33)/t19-,21+,22+,23-/m1/s1. The molecule has 1 aliphatic heterocycles. The van der Waals surface area contributed by atoms with Crippen molar-refractivity contribution in [2.24, 2.45) is 0 Å². The second-order valence-electron chi connectivity index (χ2n) is 11.1. The van der Waals surface area contributed by atoms with Gasteiger partial charge in [0.2, 0.25) is 0 Å². The van der Waals surface area contributed by atoms with Crippen LogP contribution in [0.15, 0.2) is 36.8 Å². The number of alkyl carbamates (subject to hydrolysis) is 1. The van der Waals surface area contributed by atoms with Gasteiger partial charge in [0.1, 0.15) is 47.5 Å². The molecule has 1 N–H and O–H groups in total. The van der Waals surface area contributed by atoms with Crippen molar-refractivity contribution in [1.82, 2.24) is 19.9 Å². The topological polar surface area (TPSA) is 96.7 Å². The number of hydrogen-bond donors (Lipinski definition) is 1. The lowest BCUT2D eigenvalue weighted by Gasteiger charge is -2.25. The summed E-state index contributed by atoms with van der Waals surface area (Å²) in [5.74, 6) is -0.746. The molecule has 1 aromatic carbocycles. The van der Waals surface area contributed by atoms with Gasteiger partial charge in [-0.2, -0.15) is 0 Å². The van der Waals surface area contributed by atoms with Gasteiger partial charge in [0.15, 0.2) is 5.79 Å². The third-order valence-electron chi connectivity index (χ3n) is 6.57. The summed E-state index contributed by atoms with van der Waals surface area (Å²) in [6.07, 6.45) is 2.57. The van der Waals surface area contributed by atoms with Crippen molar-refractivity contribution in [3.05, 3.63) is 53.9 Å². The van der Waals surface area contributed by atoms with Gasteiger partial charge in [-0.15, -0.1) is 0 Å². The highest BCUT2D eigenvalue weighted by molar-refractivity contribution is 5.78. The lowest BCUT2D eigenvalue weighted by molar-refractivity contribution is -0.163. The number of hydrogen-bond acceptors (Lipinski definition) is 7. The zero-order chi connectivity index (χ0) is 26.5. The molecule has 1 saturated heterocycles. The molecule has 198 valence electrons. The zero-order valence-corrected chi connectivity index (χ0v) is 21.9. The number of benzene rings is 1. The lowest BCUT2D eigenvalue weighted by Crippen LogP contribution is -2.34. The molecule has 0 spiro atoms. The highest BCUT2D eigenvalue weighted by atomic mass is 19.1. The van der Waals surface area contributed by atoms with E-state index in [4.69, 9.17) is 18.9 Å². The van der Waals surface area contributed by atoms with E-state index < -0.39 is 23.3 Å². The Morgan fingerprint density at radius 2 is 1.97 bits per heavy atom. The van der Waals surface area contributed by atoms with E-state index >= 15 is 0 Å². The van der Waals surface area contributed by atoms with Crippen molar-refractivity contribution in [3.63, 3.8) is 0 Å². The molecule has 0 unspecified atom stereocenters. The van der Waals surface area contributed by atoms with E-state index in [9.17, 15) is 9.18 Å². The third-order valence-corrected chi connectivity index (χ3v) is 6.57. The second-order valence-corrected chi connectivity index (χ2v) is 11.1. The van der Waals surface area contributed by atoms with E-state index in [0.717, 1.165) is 16.7 Å². The molecule has 1 amide bonds. The zero-order valence-electron chi connectivity index (χ0n) is 21.9. The Bertz CT molecular complexity index is 1320. The molecule has 2 aromatic heterocycles. The van der Waals surface area contributed by atoms with Gasteiger partial charge in [0.25, 0.3) is 0 Å². The Labute approximate surface area is 215 Å². The SMILES string of the molecule is Cc1ncnc2c1ccn2[C@@H]1C[C@H](Oc2ccc(F)cc2CNC(=O)OC(C)(C)C)[C@H]2OC(C)(C)O[C@H]21. The first-order chi connectivity index (χ1) is 17.4. The van der Waals surface area contributed by atoms with Gasteiger partial charge < -0.3 is 28.8 Å². The molecular weight excluding hydrogens is 479 g/mol. The molecule has 9 nitrogen and oxygen atoms in total. The maximum atomic E-state index is 14.1. The van der Waals surface area contributed by atoms with E-state index in [1.807, 2.05) is 33.0 Å². The van der Waals surface area contributed by atoms with Crippen LogP contribution >= 0.6 is 0 Å². The number of halogens is 1. The highest BCUT2D eigenvalue weighted by Crippen LogP contribution is 2.46. The average Bonchev–Trinajstić information content (AvgIpc) is 3.45. The number of amides is 1. The number of carbonyl (C=O) groups excluding carboxylic acids is 1. The molecule has 3 heterocycles. The number of aromatic nitrogens is 3. The fourth-order valence-corrected chi connectivity index (χ4v) is 5.11. The molecule has 37 heavy (non-hydrogen) atoms. The summed E-state index contributed by atoms with van der Waals surface area (Å²) < 4.78 is 40.6. The van der Waals surface area contributed by atoms with Crippen molar-refractivity contribution in [2.75, 3.05) is 0 Å². The first kappa shape index (κ1) is 25.4. The van der Waals surface area contributed by atoms with E-state index in [2.05, 4.69) is 19.9 Å². The molecule has 1 aliphatic carbocycles. The molecule has 5 rings (SSSR count). The van der Waals surface area contributed by atoms with Crippen LogP contribution in [0.5, 0.6) is 5.75 Å². The van der Waals surface area contributed by atoms with Crippen LogP contribution in [0.4, 0.5) is 9.18 Å². The van der Waals surface area contributed by atoms with Crippen LogP contribution in [0, 0.1) is 12.7 Å². The van der Waals surface area contributed by atoms with Crippen LogP contribution < -0.4 is 10.1 Å². The van der Waals surface area contributed by atoms with Gasteiger partial charge in [0, 0.05) is 30.1 Å². The first-order valence-electron chi connectivity index (χ1n) is 12.5. The fraction of sp³-hybridized carbons (Fsp3) is 0.519. The predicted octanol–water partition coefficient (Wildman–Crippen LogP) is 4.82. The van der Waals surface area contributed by atoms with Crippen molar-refractivity contribution in [1.29, 1.82) is 0 Å². The summed E-state index contributed by atoms with van der Waals surface area (Å²) in [5, 5.41) is 3.66. The predicted molar refractivity (Wildman–Crippen MR) is 134 cm³/mol. The molecular formula is C27H33FN4O5. The highest BCUT2D eigenvalue weighted by Gasteiger charge is 2.56. The van der Waals surface area contributed by atoms with Gasteiger partial charge >= 0.3 is 6.09 Å². The minimum absolute atomic E-state index is 0.0491. The van der Waals surface area contributed by atoms with Crippen LogP contribution in [0.3, 0.4) is 0 Å². The molecule has 10 heteroatoms. The smallest absolute Gasteiger partial charge is 0.407 e.